The van der Waals surface area contributed by atoms with Gasteiger partial charge in [0.05, 0.1) is 6.54 Å². The Labute approximate surface area is 122 Å². The smallest absolute Gasteiger partial charge is 0.236 e. The lowest BCUT2D eigenvalue weighted by molar-refractivity contribution is -0.130. The van der Waals surface area contributed by atoms with Crippen molar-refractivity contribution >= 4 is 5.91 Å². The van der Waals surface area contributed by atoms with Crippen molar-refractivity contribution in [2.75, 3.05) is 53.5 Å². The molecule has 0 aromatic rings. The Morgan fingerprint density at radius 1 is 1.30 bits per heavy atom. The molecule has 0 aliphatic carbocycles. The number of likely N-dealkylation sites (N-methyl/N-ethyl adjacent to an activating group) is 1. The first kappa shape index (κ1) is 15.7. The Hall–Kier alpha value is -0.650. The standard InChI is InChI=1S/C15H29N3O2/c1-17(2)15(19)11-18-8-4-14(5-9-18)16-7-3-13-6-10-20-12-13/h13-14,16H,3-12H2,1-2H3. The average molecular weight is 283 g/mol. The van der Waals surface area contributed by atoms with Gasteiger partial charge in [0, 0.05) is 46.4 Å². The molecule has 1 N–H and O–H groups in total. The minimum atomic E-state index is 0.206. The van der Waals surface area contributed by atoms with E-state index in [0.29, 0.717) is 12.6 Å². The second-order valence-corrected chi connectivity index (χ2v) is 6.31. The lowest BCUT2D eigenvalue weighted by Gasteiger charge is -2.32. The van der Waals surface area contributed by atoms with Gasteiger partial charge >= 0.3 is 0 Å². The molecule has 0 aromatic heterocycles. The van der Waals surface area contributed by atoms with Crippen LogP contribution in [0.2, 0.25) is 0 Å². The molecule has 2 saturated heterocycles. The fraction of sp³-hybridized carbons (Fsp3) is 0.933. The molecule has 1 atom stereocenters. The summed E-state index contributed by atoms with van der Waals surface area (Å²) in [6.45, 7) is 5.64. The molecule has 2 aliphatic heterocycles. The number of likely N-dealkylation sites (tertiary alicyclic amines) is 1. The number of carbonyl (C=O) groups is 1. The van der Waals surface area contributed by atoms with Gasteiger partial charge in [0.25, 0.3) is 0 Å². The van der Waals surface area contributed by atoms with Crippen molar-refractivity contribution in [3.05, 3.63) is 0 Å². The van der Waals surface area contributed by atoms with Crippen LogP contribution in [-0.2, 0) is 9.53 Å². The number of rotatable bonds is 6. The van der Waals surface area contributed by atoms with E-state index in [1.54, 1.807) is 4.90 Å². The van der Waals surface area contributed by atoms with Crippen molar-refractivity contribution in [2.45, 2.75) is 31.7 Å². The SMILES string of the molecule is CN(C)C(=O)CN1CCC(NCCC2CCOC2)CC1. The molecule has 5 heteroatoms. The van der Waals surface area contributed by atoms with Gasteiger partial charge in [-0.05, 0) is 38.1 Å². The predicted molar refractivity (Wildman–Crippen MR) is 79.7 cm³/mol. The highest BCUT2D eigenvalue weighted by atomic mass is 16.5. The van der Waals surface area contributed by atoms with Crippen LogP contribution in [-0.4, -0.2) is 75.2 Å². The van der Waals surface area contributed by atoms with E-state index in [2.05, 4.69) is 10.2 Å². The largest absolute Gasteiger partial charge is 0.381 e. The van der Waals surface area contributed by atoms with Crippen molar-refractivity contribution in [3.8, 4) is 0 Å². The van der Waals surface area contributed by atoms with Gasteiger partial charge in [-0.25, -0.2) is 0 Å². The van der Waals surface area contributed by atoms with Crippen molar-refractivity contribution in [2.24, 2.45) is 5.92 Å². The van der Waals surface area contributed by atoms with E-state index in [1.807, 2.05) is 14.1 Å². The molecule has 116 valence electrons. The monoisotopic (exact) mass is 283 g/mol. The number of piperidine rings is 1. The van der Waals surface area contributed by atoms with Gasteiger partial charge in [-0.15, -0.1) is 0 Å². The molecule has 2 fully saturated rings. The number of nitrogens with one attached hydrogen (secondary N) is 1. The molecule has 0 bridgehead atoms. The number of hydrogen-bond donors (Lipinski definition) is 1. The average Bonchev–Trinajstić information content (AvgIpc) is 2.94. The summed E-state index contributed by atoms with van der Waals surface area (Å²) < 4.78 is 5.40. The maximum atomic E-state index is 11.7. The topological polar surface area (TPSA) is 44.8 Å². The van der Waals surface area contributed by atoms with E-state index in [1.165, 1.54) is 12.8 Å². The second kappa shape index (κ2) is 7.96. The number of hydrogen-bond acceptors (Lipinski definition) is 4. The summed E-state index contributed by atoms with van der Waals surface area (Å²) in [5.41, 5.74) is 0. The Morgan fingerprint density at radius 2 is 2.05 bits per heavy atom. The van der Waals surface area contributed by atoms with Crippen LogP contribution in [0.5, 0.6) is 0 Å². The van der Waals surface area contributed by atoms with E-state index in [-0.39, 0.29) is 5.91 Å². The first-order chi connectivity index (χ1) is 9.65. The normalized spacial score (nSPS) is 25.0. The molecule has 2 heterocycles. The third kappa shape index (κ3) is 5.04. The zero-order valence-electron chi connectivity index (χ0n) is 12.9. The van der Waals surface area contributed by atoms with Gasteiger partial charge in [-0.2, -0.15) is 0 Å². The minimum absolute atomic E-state index is 0.206. The van der Waals surface area contributed by atoms with E-state index >= 15 is 0 Å². The lowest BCUT2D eigenvalue weighted by Crippen LogP contribution is -2.46. The van der Waals surface area contributed by atoms with Gasteiger partial charge in [0.2, 0.25) is 5.91 Å². The summed E-state index contributed by atoms with van der Waals surface area (Å²) in [6.07, 6.45) is 4.77. The molecule has 20 heavy (non-hydrogen) atoms. The lowest BCUT2D eigenvalue weighted by atomic mass is 10.0. The zero-order chi connectivity index (χ0) is 14.4. The highest BCUT2D eigenvalue weighted by Gasteiger charge is 2.21. The fourth-order valence-corrected chi connectivity index (χ4v) is 2.93. The van der Waals surface area contributed by atoms with Crippen molar-refractivity contribution in [1.29, 1.82) is 0 Å². The molecule has 2 rings (SSSR count). The number of amides is 1. The molecule has 5 nitrogen and oxygen atoms in total. The summed E-state index contributed by atoms with van der Waals surface area (Å²) in [5.74, 6) is 0.970. The van der Waals surface area contributed by atoms with E-state index < -0.39 is 0 Å². The summed E-state index contributed by atoms with van der Waals surface area (Å²) in [4.78, 5) is 15.6. The number of carbonyl (C=O) groups excluding carboxylic acids is 1. The van der Waals surface area contributed by atoms with Gasteiger partial charge < -0.3 is 15.0 Å². The van der Waals surface area contributed by atoms with Crippen molar-refractivity contribution < 1.29 is 9.53 Å². The van der Waals surface area contributed by atoms with Crippen molar-refractivity contribution in [3.63, 3.8) is 0 Å². The van der Waals surface area contributed by atoms with Gasteiger partial charge in [-0.1, -0.05) is 0 Å². The first-order valence-electron chi connectivity index (χ1n) is 7.89. The van der Waals surface area contributed by atoms with E-state index in [9.17, 15) is 4.79 Å². The van der Waals surface area contributed by atoms with Crippen LogP contribution >= 0.6 is 0 Å². The van der Waals surface area contributed by atoms with Crippen LogP contribution in [0.1, 0.15) is 25.7 Å². The highest BCUT2D eigenvalue weighted by Crippen LogP contribution is 2.16. The van der Waals surface area contributed by atoms with Gasteiger partial charge in [0.15, 0.2) is 0 Å². The van der Waals surface area contributed by atoms with Crippen molar-refractivity contribution in [1.82, 2.24) is 15.1 Å². The molecule has 0 spiro atoms. The maximum absolute atomic E-state index is 11.7. The van der Waals surface area contributed by atoms with E-state index in [0.717, 1.165) is 51.6 Å². The Morgan fingerprint density at radius 3 is 2.65 bits per heavy atom. The van der Waals surface area contributed by atoms with Gasteiger partial charge in [0.1, 0.15) is 0 Å². The molecular formula is C15H29N3O2. The quantitative estimate of drug-likeness (QED) is 0.773. The summed E-state index contributed by atoms with van der Waals surface area (Å²) in [7, 11) is 3.65. The summed E-state index contributed by atoms with van der Waals surface area (Å²) >= 11 is 0. The first-order valence-corrected chi connectivity index (χ1v) is 7.89. The van der Waals surface area contributed by atoms with Crippen LogP contribution in [0.4, 0.5) is 0 Å². The van der Waals surface area contributed by atoms with Gasteiger partial charge in [-0.3, -0.25) is 9.69 Å². The van der Waals surface area contributed by atoms with Crippen LogP contribution in [0.3, 0.4) is 0 Å². The third-order valence-electron chi connectivity index (χ3n) is 4.45. The third-order valence-corrected chi connectivity index (χ3v) is 4.45. The van der Waals surface area contributed by atoms with Crippen LogP contribution in [0.25, 0.3) is 0 Å². The predicted octanol–water partition coefficient (Wildman–Crippen LogP) is 0.555. The highest BCUT2D eigenvalue weighted by molar-refractivity contribution is 5.77. The Bertz CT molecular complexity index is 295. The fourth-order valence-electron chi connectivity index (χ4n) is 2.93. The molecule has 1 unspecified atom stereocenters. The maximum Gasteiger partial charge on any atom is 0.236 e. The van der Waals surface area contributed by atoms with E-state index in [4.69, 9.17) is 4.74 Å². The zero-order valence-corrected chi connectivity index (χ0v) is 12.9. The van der Waals surface area contributed by atoms with Crippen LogP contribution in [0.15, 0.2) is 0 Å². The molecule has 1 amide bonds. The van der Waals surface area contributed by atoms with Crippen LogP contribution < -0.4 is 5.32 Å². The second-order valence-electron chi connectivity index (χ2n) is 6.31. The Balaban J connectivity index is 1.55. The summed E-state index contributed by atoms with van der Waals surface area (Å²) in [6, 6.07) is 0.628. The molecule has 0 aromatic carbocycles. The number of nitrogens with zero attached hydrogens (tertiary/aromatic N) is 2. The summed E-state index contributed by atoms with van der Waals surface area (Å²) in [5, 5.41) is 3.67. The molecular weight excluding hydrogens is 254 g/mol. The molecule has 0 saturated carbocycles. The molecule has 0 radical (unpaired) electrons. The van der Waals surface area contributed by atoms with Crippen LogP contribution in [0, 0.1) is 5.92 Å². The minimum Gasteiger partial charge on any atom is -0.381 e. The number of ether oxygens (including phenoxy) is 1. The Kier molecular flexibility index (Phi) is 6.26. The molecule has 2 aliphatic rings.